The summed E-state index contributed by atoms with van der Waals surface area (Å²) in [6, 6.07) is 2.95. The van der Waals surface area contributed by atoms with Crippen molar-refractivity contribution >= 4 is 34.6 Å². The molecule has 1 N–H and O–H groups in total. The van der Waals surface area contributed by atoms with Gasteiger partial charge in [-0.05, 0) is 18.3 Å². The monoisotopic (exact) mass is 316 g/mol. The summed E-state index contributed by atoms with van der Waals surface area (Å²) in [5.41, 5.74) is 0.666. The van der Waals surface area contributed by atoms with E-state index in [-0.39, 0.29) is 17.1 Å². The predicted molar refractivity (Wildman–Crippen MR) is 82.8 cm³/mol. The maximum atomic E-state index is 10.8. The van der Waals surface area contributed by atoms with E-state index in [9.17, 15) is 10.1 Å². The highest BCUT2D eigenvalue weighted by Crippen LogP contribution is 2.41. The van der Waals surface area contributed by atoms with Crippen molar-refractivity contribution < 1.29 is 4.92 Å². The third kappa shape index (κ3) is 3.18. The lowest BCUT2D eigenvalue weighted by molar-refractivity contribution is -0.384. The average Bonchev–Trinajstić information content (AvgIpc) is 2.34. The minimum Gasteiger partial charge on any atom is -0.379 e. The fraction of sp³-hybridized carbons (Fsp3) is 0.571. The van der Waals surface area contributed by atoms with Crippen molar-refractivity contribution in [3.8, 4) is 0 Å². The molecule has 0 spiro atoms. The fourth-order valence-electron chi connectivity index (χ4n) is 2.74. The molecule has 0 aromatic heterocycles. The van der Waals surface area contributed by atoms with Crippen LogP contribution in [0, 0.1) is 15.5 Å². The first kappa shape index (κ1) is 15.4. The molecule has 1 fully saturated rings. The Morgan fingerprint density at radius 1 is 1.30 bits per heavy atom. The maximum absolute atomic E-state index is 10.8. The first-order chi connectivity index (χ1) is 9.31. The van der Waals surface area contributed by atoms with Gasteiger partial charge in [-0.1, -0.05) is 49.9 Å². The van der Waals surface area contributed by atoms with Crippen LogP contribution in [0.1, 0.15) is 39.5 Å². The van der Waals surface area contributed by atoms with E-state index in [1.54, 1.807) is 0 Å². The molecule has 1 aliphatic carbocycles. The molecule has 1 unspecified atom stereocenters. The second-order valence-electron chi connectivity index (χ2n) is 5.97. The molecule has 1 atom stereocenters. The number of nitrogens with zero attached hydrogens (tertiary/aromatic N) is 1. The van der Waals surface area contributed by atoms with E-state index < -0.39 is 4.92 Å². The first-order valence-electron chi connectivity index (χ1n) is 6.71. The summed E-state index contributed by atoms with van der Waals surface area (Å²) in [5, 5.41) is 14.8. The van der Waals surface area contributed by atoms with Crippen molar-refractivity contribution in [2.24, 2.45) is 5.41 Å². The van der Waals surface area contributed by atoms with E-state index in [4.69, 9.17) is 23.2 Å². The third-order valence-corrected chi connectivity index (χ3v) is 4.66. The van der Waals surface area contributed by atoms with Gasteiger partial charge >= 0.3 is 0 Å². The van der Waals surface area contributed by atoms with E-state index in [0.717, 1.165) is 12.8 Å². The molecular formula is C14H18Cl2N2O2. The highest BCUT2D eigenvalue weighted by atomic mass is 35.5. The van der Waals surface area contributed by atoms with Gasteiger partial charge < -0.3 is 5.32 Å². The molecule has 1 aromatic rings. The molecule has 0 saturated heterocycles. The number of nitrogens with one attached hydrogen (secondary N) is 1. The molecule has 0 radical (unpaired) electrons. The van der Waals surface area contributed by atoms with Crippen LogP contribution in [0.4, 0.5) is 11.4 Å². The van der Waals surface area contributed by atoms with Crippen molar-refractivity contribution in [2.45, 2.75) is 45.6 Å². The molecule has 0 aliphatic heterocycles. The van der Waals surface area contributed by atoms with Crippen molar-refractivity contribution in [1.29, 1.82) is 0 Å². The summed E-state index contributed by atoms with van der Waals surface area (Å²) in [5.74, 6) is 0. The zero-order valence-electron chi connectivity index (χ0n) is 11.6. The van der Waals surface area contributed by atoms with Crippen molar-refractivity contribution in [3.63, 3.8) is 0 Å². The smallest absolute Gasteiger partial charge is 0.272 e. The van der Waals surface area contributed by atoms with Gasteiger partial charge in [-0.15, -0.1) is 0 Å². The Morgan fingerprint density at radius 3 is 2.40 bits per heavy atom. The van der Waals surface area contributed by atoms with Crippen LogP contribution in [0.2, 0.25) is 10.0 Å². The van der Waals surface area contributed by atoms with Gasteiger partial charge in [0.05, 0.1) is 20.7 Å². The van der Waals surface area contributed by atoms with E-state index in [1.165, 1.54) is 25.0 Å². The number of nitro benzene ring substituents is 1. The highest BCUT2D eigenvalue weighted by Gasteiger charge is 2.33. The van der Waals surface area contributed by atoms with Crippen LogP contribution in [0.3, 0.4) is 0 Å². The lowest BCUT2D eigenvalue weighted by atomic mass is 9.73. The minimum absolute atomic E-state index is 0.0894. The molecule has 0 amide bonds. The van der Waals surface area contributed by atoms with Crippen LogP contribution in [-0.4, -0.2) is 11.0 Å². The van der Waals surface area contributed by atoms with E-state index >= 15 is 0 Å². The molecule has 0 heterocycles. The minimum atomic E-state index is -0.494. The van der Waals surface area contributed by atoms with E-state index in [1.807, 2.05) is 0 Å². The summed E-state index contributed by atoms with van der Waals surface area (Å²) in [6.45, 7) is 4.44. The Balaban J connectivity index is 2.27. The molecule has 6 heteroatoms. The van der Waals surface area contributed by atoms with Crippen LogP contribution in [-0.2, 0) is 0 Å². The third-order valence-electron chi connectivity index (χ3n) is 4.06. The van der Waals surface area contributed by atoms with E-state index in [0.29, 0.717) is 15.7 Å². The second-order valence-corrected chi connectivity index (χ2v) is 6.79. The van der Waals surface area contributed by atoms with Crippen molar-refractivity contribution in [1.82, 2.24) is 0 Å². The fourth-order valence-corrected chi connectivity index (χ4v) is 3.32. The Bertz CT molecular complexity index is 509. The van der Waals surface area contributed by atoms with Gasteiger partial charge in [0.25, 0.3) is 5.69 Å². The number of benzene rings is 1. The lowest BCUT2D eigenvalue weighted by Crippen LogP contribution is -2.39. The topological polar surface area (TPSA) is 55.2 Å². The number of hydrogen-bond acceptors (Lipinski definition) is 3. The van der Waals surface area contributed by atoms with Crippen LogP contribution in [0.5, 0.6) is 0 Å². The molecule has 4 nitrogen and oxygen atoms in total. The molecule has 1 saturated carbocycles. The molecule has 1 aromatic carbocycles. The van der Waals surface area contributed by atoms with E-state index in [2.05, 4.69) is 19.2 Å². The van der Waals surface area contributed by atoms with Gasteiger partial charge in [-0.25, -0.2) is 0 Å². The summed E-state index contributed by atoms with van der Waals surface area (Å²) in [7, 11) is 0. The molecule has 110 valence electrons. The molecular weight excluding hydrogens is 299 g/mol. The number of hydrogen-bond donors (Lipinski definition) is 1. The zero-order valence-corrected chi connectivity index (χ0v) is 13.1. The van der Waals surface area contributed by atoms with Crippen molar-refractivity contribution in [2.75, 3.05) is 5.32 Å². The average molecular weight is 317 g/mol. The standard InChI is InChI=1S/C14H18Cl2N2O2/c1-14(2)6-4-3-5-12(14)17-13-10(15)7-9(18(19)20)8-11(13)16/h7-8,12,17H,3-6H2,1-2H3. The second kappa shape index (κ2) is 5.78. The molecule has 1 aliphatic rings. The summed E-state index contributed by atoms with van der Waals surface area (Å²) >= 11 is 12.3. The first-order valence-corrected chi connectivity index (χ1v) is 7.47. The molecule has 2 rings (SSSR count). The number of non-ortho nitro benzene ring substituents is 1. The lowest BCUT2D eigenvalue weighted by Gasteiger charge is -2.40. The van der Waals surface area contributed by atoms with Crippen molar-refractivity contribution in [3.05, 3.63) is 32.3 Å². The normalized spacial score (nSPS) is 21.5. The largest absolute Gasteiger partial charge is 0.379 e. The van der Waals surface area contributed by atoms with Crippen LogP contribution in [0.15, 0.2) is 12.1 Å². The Labute approximate surface area is 128 Å². The number of halogens is 2. The van der Waals surface area contributed by atoms with Gasteiger partial charge in [-0.3, -0.25) is 10.1 Å². The van der Waals surface area contributed by atoms with Gasteiger partial charge in [0.2, 0.25) is 0 Å². The van der Waals surface area contributed by atoms with Crippen LogP contribution >= 0.6 is 23.2 Å². The summed E-state index contributed by atoms with van der Waals surface area (Å²) in [6.07, 6.45) is 4.60. The highest BCUT2D eigenvalue weighted by molar-refractivity contribution is 6.39. The quantitative estimate of drug-likeness (QED) is 0.609. The summed E-state index contributed by atoms with van der Waals surface area (Å²) < 4.78 is 0. The van der Waals surface area contributed by atoms with Gasteiger partial charge in [0, 0.05) is 18.2 Å². The Morgan fingerprint density at radius 2 is 1.90 bits per heavy atom. The maximum Gasteiger partial charge on any atom is 0.272 e. The molecule has 0 bridgehead atoms. The van der Waals surface area contributed by atoms with Gasteiger partial charge in [0.15, 0.2) is 0 Å². The number of anilines is 1. The Hall–Kier alpha value is -1.00. The SMILES string of the molecule is CC1(C)CCCCC1Nc1c(Cl)cc([N+](=O)[O-])cc1Cl. The van der Waals surface area contributed by atoms with Crippen LogP contribution in [0.25, 0.3) is 0 Å². The van der Waals surface area contributed by atoms with Crippen LogP contribution < -0.4 is 5.32 Å². The van der Waals surface area contributed by atoms with Gasteiger partial charge in [-0.2, -0.15) is 0 Å². The zero-order chi connectivity index (χ0) is 14.9. The summed E-state index contributed by atoms with van der Waals surface area (Å²) in [4.78, 5) is 10.3. The number of nitro groups is 1. The molecule has 20 heavy (non-hydrogen) atoms. The number of rotatable bonds is 3. The Kier molecular flexibility index (Phi) is 4.45. The predicted octanol–water partition coefficient (Wildman–Crippen LogP) is 5.28. The van der Waals surface area contributed by atoms with Gasteiger partial charge in [0.1, 0.15) is 0 Å².